The highest BCUT2D eigenvalue weighted by Gasteiger charge is 2.16. The van der Waals surface area contributed by atoms with E-state index in [4.69, 9.17) is 11.6 Å². The Kier molecular flexibility index (Phi) is 4.81. The second-order valence-electron chi connectivity index (χ2n) is 4.75. The van der Waals surface area contributed by atoms with E-state index >= 15 is 0 Å². The SMILES string of the molecule is CCN(Cc1cccc(C)n1)c1ccc(Cl)cc1C(=O)O. The molecule has 0 atom stereocenters. The van der Waals surface area contributed by atoms with E-state index in [9.17, 15) is 9.90 Å². The summed E-state index contributed by atoms with van der Waals surface area (Å²) in [5.41, 5.74) is 2.70. The molecule has 0 radical (unpaired) electrons. The van der Waals surface area contributed by atoms with E-state index in [1.54, 1.807) is 12.1 Å². The van der Waals surface area contributed by atoms with Crippen molar-refractivity contribution in [2.24, 2.45) is 0 Å². The quantitative estimate of drug-likeness (QED) is 0.913. The third kappa shape index (κ3) is 3.73. The molecule has 0 fully saturated rings. The summed E-state index contributed by atoms with van der Waals surface area (Å²) in [6.45, 7) is 5.15. The molecule has 4 nitrogen and oxygen atoms in total. The zero-order chi connectivity index (χ0) is 15.4. The molecule has 21 heavy (non-hydrogen) atoms. The summed E-state index contributed by atoms with van der Waals surface area (Å²) in [4.78, 5) is 17.8. The van der Waals surface area contributed by atoms with Crippen molar-refractivity contribution in [2.45, 2.75) is 20.4 Å². The van der Waals surface area contributed by atoms with Crippen LogP contribution < -0.4 is 4.90 Å². The Balaban J connectivity index is 2.35. The van der Waals surface area contributed by atoms with Gasteiger partial charge in [0, 0.05) is 17.3 Å². The van der Waals surface area contributed by atoms with Crippen LogP contribution in [0.3, 0.4) is 0 Å². The normalized spacial score (nSPS) is 10.4. The van der Waals surface area contributed by atoms with Gasteiger partial charge in [0.1, 0.15) is 0 Å². The number of aromatic nitrogens is 1. The average molecular weight is 305 g/mol. The first-order valence-corrected chi connectivity index (χ1v) is 7.09. The average Bonchev–Trinajstić information content (AvgIpc) is 2.45. The van der Waals surface area contributed by atoms with Gasteiger partial charge < -0.3 is 10.0 Å². The van der Waals surface area contributed by atoms with Crippen molar-refractivity contribution in [2.75, 3.05) is 11.4 Å². The third-order valence-corrected chi connectivity index (χ3v) is 3.45. The monoisotopic (exact) mass is 304 g/mol. The molecule has 0 aliphatic heterocycles. The minimum absolute atomic E-state index is 0.206. The molecule has 0 bridgehead atoms. The predicted molar refractivity (Wildman–Crippen MR) is 84.1 cm³/mol. The molecule has 0 aliphatic rings. The highest BCUT2D eigenvalue weighted by atomic mass is 35.5. The first kappa shape index (κ1) is 15.3. The molecule has 0 unspecified atom stereocenters. The van der Waals surface area contributed by atoms with Gasteiger partial charge >= 0.3 is 5.97 Å². The number of aryl methyl sites for hydroxylation is 1. The first-order valence-electron chi connectivity index (χ1n) is 6.71. The van der Waals surface area contributed by atoms with Gasteiger partial charge in [-0.15, -0.1) is 0 Å². The number of halogens is 1. The Hall–Kier alpha value is -2.07. The number of carboxylic acids is 1. The molecule has 1 heterocycles. The molecule has 0 saturated heterocycles. The van der Waals surface area contributed by atoms with Crippen LogP contribution in [0.1, 0.15) is 28.7 Å². The zero-order valence-corrected chi connectivity index (χ0v) is 12.8. The smallest absolute Gasteiger partial charge is 0.337 e. The van der Waals surface area contributed by atoms with Gasteiger partial charge in [-0.05, 0) is 44.2 Å². The van der Waals surface area contributed by atoms with Crippen LogP contribution in [0.5, 0.6) is 0 Å². The lowest BCUT2D eigenvalue weighted by molar-refractivity contribution is 0.0697. The lowest BCUT2D eigenvalue weighted by Gasteiger charge is -2.24. The summed E-state index contributed by atoms with van der Waals surface area (Å²) >= 11 is 5.90. The molecule has 1 N–H and O–H groups in total. The van der Waals surface area contributed by atoms with E-state index in [1.165, 1.54) is 6.07 Å². The van der Waals surface area contributed by atoms with Crippen molar-refractivity contribution in [3.05, 3.63) is 58.4 Å². The van der Waals surface area contributed by atoms with Gasteiger partial charge in [-0.25, -0.2) is 4.79 Å². The Morgan fingerprint density at radius 3 is 2.71 bits per heavy atom. The molecule has 110 valence electrons. The minimum atomic E-state index is -0.983. The molecule has 1 aromatic carbocycles. The molecule has 1 aromatic heterocycles. The maximum atomic E-state index is 11.4. The number of rotatable bonds is 5. The van der Waals surface area contributed by atoms with Crippen LogP contribution in [-0.4, -0.2) is 22.6 Å². The van der Waals surface area contributed by atoms with Crippen LogP contribution in [-0.2, 0) is 6.54 Å². The van der Waals surface area contributed by atoms with Gasteiger partial charge in [0.25, 0.3) is 0 Å². The number of pyridine rings is 1. The fraction of sp³-hybridized carbons (Fsp3) is 0.250. The van der Waals surface area contributed by atoms with Crippen molar-refractivity contribution in [3.8, 4) is 0 Å². The third-order valence-electron chi connectivity index (χ3n) is 3.21. The number of carboxylic acid groups (broad SMARTS) is 1. The topological polar surface area (TPSA) is 53.4 Å². The van der Waals surface area contributed by atoms with Crippen molar-refractivity contribution in [3.63, 3.8) is 0 Å². The molecule has 5 heteroatoms. The molecule has 0 saturated carbocycles. The largest absolute Gasteiger partial charge is 0.478 e. The standard InChI is InChI=1S/C16H17ClN2O2/c1-3-19(10-13-6-4-5-11(2)18-13)15-8-7-12(17)9-14(15)16(20)21/h4-9H,3,10H2,1-2H3,(H,20,21). The molecule has 0 spiro atoms. The van der Waals surface area contributed by atoms with Gasteiger partial charge in [0.15, 0.2) is 0 Å². The van der Waals surface area contributed by atoms with Gasteiger partial charge in [0.2, 0.25) is 0 Å². The lowest BCUT2D eigenvalue weighted by atomic mass is 10.1. The van der Waals surface area contributed by atoms with Crippen LogP contribution >= 0.6 is 11.6 Å². The van der Waals surface area contributed by atoms with Crippen molar-refractivity contribution < 1.29 is 9.90 Å². The Morgan fingerprint density at radius 1 is 1.33 bits per heavy atom. The maximum absolute atomic E-state index is 11.4. The second-order valence-corrected chi connectivity index (χ2v) is 5.19. The number of hydrogen-bond donors (Lipinski definition) is 1. The van der Waals surface area contributed by atoms with Crippen molar-refractivity contribution in [1.29, 1.82) is 0 Å². The summed E-state index contributed by atoms with van der Waals surface area (Å²) < 4.78 is 0. The predicted octanol–water partition coefficient (Wildman–Crippen LogP) is 3.77. The van der Waals surface area contributed by atoms with Crippen LogP contribution in [0.2, 0.25) is 5.02 Å². The molecular weight excluding hydrogens is 288 g/mol. The number of carbonyl (C=O) groups is 1. The van der Waals surface area contributed by atoms with E-state index in [-0.39, 0.29) is 5.56 Å². The molecule has 2 rings (SSSR count). The molecule has 2 aromatic rings. The van der Waals surface area contributed by atoms with Crippen LogP contribution in [0.25, 0.3) is 0 Å². The van der Waals surface area contributed by atoms with Gasteiger partial charge in [-0.3, -0.25) is 4.98 Å². The number of anilines is 1. The van der Waals surface area contributed by atoms with E-state index < -0.39 is 5.97 Å². The van der Waals surface area contributed by atoms with Gasteiger partial charge in [0.05, 0.1) is 23.5 Å². The number of benzene rings is 1. The Bertz CT molecular complexity index is 658. The molecular formula is C16H17ClN2O2. The van der Waals surface area contributed by atoms with E-state index in [1.807, 2.05) is 36.9 Å². The Labute approximate surface area is 129 Å². The Morgan fingerprint density at radius 2 is 2.10 bits per heavy atom. The highest BCUT2D eigenvalue weighted by molar-refractivity contribution is 6.31. The van der Waals surface area contributed by atoms with Crippen LogP contribution in [0, 0.1) is 6.92 Å². The fourth-order valence-electron chi connectivity index (χ4n) is 2.21. The second kappa shape index (κ2) is 6.59. The van der Waals surface area contributed by atoms with Gasteiger partial charge in [-0.1, -0.05) is 17.7 Å². The van der Waals surface area contributed by atoms with E-state index in [2.05, 4.69) is 4.98 Å². The summed E-state index contributed by atoms with van der Waals surface area (Å²) in [5, 5.41) is 9.76. The maximum Gasteiger partial charge on any atom is 0.337 e. The summed E-state index contributed by atoms with van der Waals surface area (Å²) in [6, 6.07) is 10.7. The highest BCUT2D eigenvalue weighted by Crippen LogP contribution is 2.25. The lowest BCUT2D eigenvalue weighted by Crippen LogP contribution is -2.24. The summed E-state index contributed by atoms with van der Waals surface area (Å²) in [7, 11) is 0. The first-order chi connectivity index (χ1) is 10.0. The molecule has 0 amide bonds. The van der Waals surface area contributed by atoms with E-state index in [0.717, 1.165) is 11.4 Å². The molecule has 0 aliphatic carbocycles. The van der Waals surface area contributed by atoms with E-state index in [0.29, 0.717) is 23.8 Å². The van der Waals surface area contributed by atoms with Crippen LogP contribution in [0.4, 0.5) is 5.69 Å². The minimum Gasteiger partial charge on any atom is -0.478 e. The number of aromatic carboxylic acids is 1. The summed E-state index contributed by atoms with van der Waals surface area (Å²) in [5.74, 6) is -0.983. The summed E-state index contributed by atoms with van der Waals surface area (Å²) in [6.07, 6.45) is 0. The van der Waals surface area contributed by atoms with Crippen molar-refractivity contribution >= 4 is 23.3 Å². The number of hydrogen-bond acceptors (Lipinski definition) is 3. The van der Waals surface area contributed by atoms with Crippen molar-refractivity contribution in [1.82, 2.24) is 4.98 Å². The van der Waals surface area contributed by atoms with Crippen LogP contribution in [0.15, 0.2) is 36.4 Å². The van der Waals surface area contributed by atoms with Gasteiger partial charge in [-0.2, -0.15) is 0 Å². The number of nitrogens with zero attached hydrogens (tertiary/aromatic N) is 2. The fourth-order valence-corrected chi connectivity index (χ4v) is 2.38. The zero-order valence-electron chi connectivity index (χ0n) is 12.0.